The lowest BCUT2D eigenvalue weighted by atomic mass is 9.81. The minimum absolute atomic E-state index is 0. The van der Waals surface area contributed by atoms with Crippen molar-refractivity contribution in [3.63, 3.8) is 0 Å². The molecule has 0 bridgehead atoms. The Balaban J connectivity index is 0.00000196. The molecule has 0 aromatic rings. The van der Waals surface area contributed by atoms with Crippen molar-refractivity contribution in [2.45, 2.75) is 45.6 Å². The van der Waals surface area contributed by atoms with E-state index in [2.05, 4.69) is 5.32 Å². The molecule has 1 fully saturated rings. The number of nitrogens with two attached hydrogens (primary N) is 1. The Kier molecular flexibility index (Phi) is 6.94. The van der Waals surface area contributed by atoms with Crippen LogP contribution in [0.25, 0.3) is 0 Å². The quantitative estimate of drug-likeness (QED) is 0.781. The monoisotopic (exact) mass is 234 g/mol. The van der Waals surface area contributed by atoms with Gasteiger partial charge >= 0.3 is 0 Å². The molecule has 0 saturated heterocycles. The number of halogens is 1. The van der Waals surface area contributed by atoms with Crippen LogP contribution in [-0.2, 0) is 4.79 Å². The second-order valence-electron chi connectivity index (χ2n) is 4.62. The fourth-order valence-electron chi connectivity index (χ4n) is 2.06. The van der Waals surface area contributed by atoms with Crippen molar-refractivity contribution >= 4 is 18.3 Å². The first-order valence-corrected chi connectivity index (χ1v) is 5.64. The molecule has 0 unspecified atom stereocenters. The third kappa shape index (κ3) is 4.85. The summed E-state index contributed by atoms with van der Waals surface area (Å²) in [6.07, 6.45) is 4.26. The van der Waals surface area contributed by atoms with Crippen LogP contribution < -0.4 is 11.1 Å². The van der Waals surface area contributed by atoms with Gasteiger partial charge in [0.1, 0.15) is 0 Å². The molecule has 3 nitrogen and oxygen atoms in total. The molecule has 0 heterocycles. The molecular weight excluding hydrogens is 212 g/mol. The van der Waals surface area contributed by atoms with Crippen LogP contribution in [-0.4, -0.2) is 18.5 Å². The van der Waals surface area contributed by atoms with Crippen LogP contribution in [0.15, 0.2) is 0 Å². The van der Waals surface area contributed by atoms with E-state index in [0.717, 1.165) is 32.2 Å². The average Bonchev–Trinajstić information content (AvgIpc) is 2.17. The van der Waals surface area contributed by atoms with E-state index in [-0.39, 0.29) is 30.3 Å². The van der Waals surface area contributed by atoms with Crippen molar-refractivity contribution in [1.29, 1.82) is 0 Å². The van der Waals surface area contributed by atoms with E-state index in [0.29, 0.717) is 5.92 Å². The van der Waals surface area contributed by atoms with Crippen molar-refractivity contribution in [2.75, 3.05) is 6.54 Å². The molecule has 90 valence electrons. The highest BCUT2D eigenvalue weighted by atomic mass is 35.5. The van der Waals surface area contributed by atoms with Crippen LogP contribution in [0.3, 0.4) is 0 Å². The van der Waals surface area contributed by atoms with Crippen LogP contribution in [0.2, 0.25) is 0 Å². The molecule has 1 saturated carbocycles. The lowest BCUT2D eigenvalue weighted by molar-refractivity contribution is -0.126. The first kappa shape index (κ1) is 14.7. The van der Waals surface area contributed by atoms with Gasteiger partial charge in [0.05, 0.1) is 0 Å². The van der Waals surface area contributed by atoms with Gasteiger partial charge in [-0.15, -0.1) is 12.4 Å². The number of amides is 1. The maximum atomic E-state index is 11.7. The van der Waals surface area contributed by atoms with Gasteiger partial charge in [0.25, 0.3) is 0 Å². The summed E-state index contributed by atoms with van der Waals surface area (Å²) in [7, 11) is 0. The van der Waals surface area contributed by atoms with Gasteiger partial charge in [0.15, 0.2) is 0 Å². The number of rotatable bonds is 3. The predicted molar refractivity (Wildman–Crippen MR) is 65.0 cm³/mol. The number of carbonyl (C=O) groups excluding carboxylic acids is 1. The summed E-state index contributed by atoms with van der Waals surface area (Å²) in [6, 6.07) is 0.259. The summed E-state index contributed by atoms with van der Waals surface area (Å²) in [4.78, 5) is 11.7. The topological polar surface area (TPSA) is 55.1 Å². The Morgan fingerprint density at radius 3 is 2.27 bits per heavy atom. The predicted octanol–water partition coefficient (Wildman–Crippen LogP) is 1.70. The van der Waals surface area contributed by atoms with Crippen LogP contribution >= 0.6 is 12.4 Å². The molecule has 0 radical (unpaired) electrons. The summed E-state index contributed by atoms with van der Waals surface area (Å²) < 4.78 is 0. The molecule has 0 spiro atoms. The molecule has 0 aromatic heterocycles. The SMILES string of the molecule is CC(C)NC(=O)C1CCC(CN)CC1.Cl. The highest BCUT2D eigenvalue weighted by Crippen LogP contribution is 2.28. The molecule has 1 aliphatic carbocycles. The molecule has 0 atom stereocenters. The van der Waals surface area contributed by atoms with Crippen LogP contribution in [0.4, 0.5) is 0 Å². The van der Waals surface area contributed by atoms with Gasteiger partial charge in [0, 0.05) is 12.0 Å². The number of hydrogen-bond donors (Lipinski definition) is 2. The van der Waals surface area contributed by atoms with E-state index in [1.54, 1.807) is 0 Å². The second kappa shape index (κ2) is 7.07. The third-order valence-electron chi connectivity index (χ3n) is 2.98. The molecule has 1 aliphatic rings. The van der Waals surface area contributed by atoms with Crippen molar-refractivity contribution in [1.82, 2.24) is 5.32 Å². The number of carbonyl (C=O) groups is 1. The van der Waals surface area contributed by atoms with Gasteiger partial charge in [0.2, 0.25) is 5.91 Å². The molecule has 3 N–H and O–H groups in total. The molecule has 0 aromatic carbocycles. The first-order valence-electron chi connectivity index (χ1n) is 5.64. The molecule has 1 rings (SSSR count). The molecular formula is C11H23ClN2O. The van der Waals surface area contributed by atoms with E-state index in [4.69, 9.17) is 5.73 Å². The zero-order chi connectivity index (χ0) is 10.6. The van der Waals surface area contributed by atoms with E-state index < -0.39 is 0 Å². The van der Waals surface area contributed by atoms with Gasteiger partial charge < -0.3 is 11.1 Å². The van der Waals surface area contributed by atoms with Crippen LogP contribution in [0, 0.1) is 11.8 Å². The standard InChI is InChI=1S/C11H22N2O.ClH/c1-8(2)13-11(14)10-5-3-9(7-12)4-6-10;/h8-10H,3-7,12H2,1-2H3,(H,13,14);1H. The summed E-state index contributed by atoms with van der Waals surface area (Å²) in [5.74, 6) is 1.12. The zero-order valence-electron chi connectivity index (χ0n) is 9.66. The Morgan fingerprint density at radius 2 is 1.87 bits per heavy atom. The minimum atomic E-state index is 0. The van der Waals surface area contributed by atoms with E-state index in [1.165, 1.54) is 0 Å². The highest BCUT2D eigenvalue weighted by molar-refractivity contribution is 5.85. The van der Waals surface area contributed by atoms with Gasteiger partial charge in [-0.05, 0) is 52.0 Å². The average molecular weight is 235 g/mol. The van der Waals surface area contributed by atoms with Crippen molar-refractivity contribution in [2.24, 2.45) is 17.6 Å². The van der Waals surface area contributed by atoms with E-state index >= 15 is 0 Å². The Bertz CT molecular complexity index is 189. The molecule has 0 aliphatic heterocycles. The Morgan fingerprint density at radius 1 is 1.33 bits per heavy atom. The lowest BCUT2D eigenvalue weighted by Gasteiger charge is -2.27. The minimum Gasteiger partial charge on any atom is -0.354 e. The molecule has 1 amide bonds. The highest BCUT2D eigenvalue weighted by Gasteiger charge is 2.25. The van der Waals surface area contributed by atoms with Gasteiger partial charge in [-0.25, -0.2) is 0 Å². The number of hydrogen-bond acceptors (Lipinski definition) is 2. The maximum absolute atomic E-state index is 11.7. The smallest absolute Gasteiger partial charge is 0.223 e. The summed E-state index contributed by atoms with van der Waals surface area (Å²) in [6.45, 7) is 4.78. The summed E-state index contributed by atoms with van der Waals surface area (Å²) in [5.41, 5.74) is 5.60. The Labute approximate surface area is 98.6 Å². The van der Waals surface area contributed by atoms with Gasteiger partial charge in [-0.2, -0.15) is 0 Å². The fraction of sp³-hybridized carbons (Fsp3) is 0.909. The Hall–Kier alpha value is -0.280. The molecule has 15 heavy (non-hydrogen) atoms. The zero-order valence-corrected chi connectivity index (χ0v) is 10.5. The normalized spacial score (nSPS) is 25.9. The van der Waals surface area contributed by atoms with Crippen molar-refractivity contribution < 1.29 is 4.79 Å². The third-order valence-corrected chi connectivity index (χ3v) is 2.98. The number of nitrogens with one attached hydrogen (secondary N) is 1. The van der Waals surface area contributed by atoms with Crippen LogP contribution in [0.5, 0.6) is 0 Å². The van der Waals surface area contributed by atoms with Crippen molar-refractivity contribution in [3.8, 4) is 0 Å². The van der Waals surface area contributed by atoms with Gasteiger partial charge in [-0.1, -0.05) is 0 Å². The lowest BCUT2D eigenvalue weighted by Crippen LogP contribution is -2.37. The molecule has 4 heteroatoms. The first-order chi connectivity index (χ1) is 6.63. The van der Waals surface area contributed by atoms with Crippen molar-refractivity contribution in [3.05, 3.63) is 0 Å². The second-order valence-corrected chi connectivity index (χ2v) is 4.62. The van der Waals surface area contributed by atoms with E-state index in [1.807, 2.05) is 13.8 Å². The van der Waals surface area contributed by atoms with Crippen LogP contribution in [0.1, 0.15) is 39.5 Å². The summed E-state index contributed by atoms with van der Waals surface area (Å²) in [5, 5.41) is 2.98. The van der Waals surface area contributed by atoms with E-state index in [9.17, 15) is 4.79 Å². The summed E-state index contributed by atoms with van der Waals surface area (Å²) >= 11 is 0. The fourth-order valence-corrected chi connectivity index (χ4v) is 2.06. The largest absolute Gasteiger partial charge is 0.354 e. The van der Waals surface area contributed by atoms with Gasteiger partial charge in [-0.3, -0.25) is 4.79 Å². The maximum Gasteiger partial charge on any atom is 0.223 e.